The molecule has 0 spiro atoms. The molecular weight excluding hydrogens is 262 g/mol. The van der Waals surface area contributed by atoms with Crippen molar-refractivity contribution in [3.05, 3.63) is 59.7 Å². The Morgan fingerprint density at radius 1 is 1.10 bits per heavy atom. The van der Waals surface area contributed by atoms with E-state index in [1.54, 1.807) is 36.4 Å². The molecule has 2 rings (SSSR count). The van der Waals surface area contributed by atoms with E-state index >= 15 is 0 Å². The van der Waals surface area contributed by atoms with Gasteiger partial charge in [-0.1, -0.05) is 12.1 Å². The molecule has 0 heterocycles. The highest BCUT2D eigenvalue weighted by atomic mass is 16.1. The van der Waals surface area contributed by atoms with Crippen LogP contribution in [0.1, 0.15) is 29.8 Å². The largest absolute Gasteiger partial charge is 0.399 e. The van der Waals surface area contributed by atoms with E-state index in [9.17, 15) is 4.79 Å². The molecule has 0 unspecified atom stereocenters. The Bertz CT molecular complexity index is 679. The van der Waals surface area contributed by atoms with Crippen molar-refractivity contribution >= 4 is 17.3 Å². The number of nitrogens with zero attached hydrogens (tertiary/aromatic N) is 1. The average molecular weight is 279 g/mol. The van der Waals surface area contributed by atoms with E-state index in [-0.39, 0.29) is 5.91 Å². The number of nitrogens with one attached hydrogen (secondary N) is 1. The number of hydrogen-bond donors (Lipinski definition) is 2. The molecule has 2 aromatic rings. The smallest absolute Gasteiger partial charge is 0.255 e. The van der Waals surface area contributed by atoms with E-state index in [2.05, 4.69) is 11.4 Å². The number of amides is 1. The van der Waals surface area contributed by atoms with Crippen LogP contribution in [-0.2, 0) is 5.41 Å². The van der Waals surface area contributed by atoms with E-state index in [0.29, 0.717) is 16.9 Å². The van der Waals surface area contributed by atoms with Gasteiger partial charge in [-0.05, 0) is 55.8 Å². The molecule has 0 aliphatic carbocycles. The number of nitriles is 1. The maximum Gasteiger partial charge on any atom is 0.255 e. The fraction of sp³-hybridized carbons (Fsp3) is 0.176. The number of anilines is 2. The molecule has 0 saturated carbocycles. The first kappa shape index (κ1) is 14.6. The Morgan fingerprint density at radius 3 is 2.19 bits per heavy atom. The summed E-state index contributed by atoms with van der Waals surface area (Å²) < 4.78 is 0. The summed E-state index contributed by atoms with van der Waals surface area (Å²) in [7, 11) is 0. The number of hydrogen-bond acceptors (Lipinski definition) is 3. The molecule has 3 N–H and O–H groups in total. The third-order valence-corrected chi connectivity index (χ3v) is 3.32. The fourth-order valence-electron chi connectivity index (χ4n) is 1.87. The van der Waals surface area contributed by atoms with Gasteiger partial charge in [0.15, 0.2) is 0 Å². The zero-order valence-electron chi connectivity index (χ0n) is 12.1. The molecule has 106 valence electrons. The number of nitrogens with two attached hydrogens (primary N) is 1. The second kappa shape index (κ2) is 5.68. The molecule has 21 heavy (non-hydrogen) atoms. The molecule has 0 aliphatic heterocycles. The van der Waals surface area contributed by atoms with Gasteiger partial charge in [0.05, 0.1) is 11.5 Å². The van der Waals surface area contributed by atoms with Gasteiger partial charge in [0.1, 0.15) is 0 Å². The predicted molar refractivity (Wildman–Crippen MR) is 83.9 cm³/mol. The maximum absolute atomic E-state index is 12.1. The van der Waals surface area contributed by atoms with Gasteiger partial charge < -0.3 is 11.1 Å². The summed E-state index contributed by atoms with van der Waals surface area (Å²) in [4.78, 5) is 12.1. The standard InChI is InChI=1S/C17H17N3O/c1-17(2,11-18)13-5-9-15(10-6-13)20-16(21)12-3-7-14(19)8-4-12/h3-10H,19H2,1-2H3,(H,20,21). The Kier molecular flexibility index (Phi) is 3.95. The lowest BCUT2D eigenvalue weighted by atomic mass is 9.86. The van der Waals surface area contributed by atoms with E-state index in [1.165, 1.54) is 0 Å². The first-order valence-electron chi connectivity index (χ1n) is 6.61. The van der Waals surface area contributed by atoms with Gasteiger partial charge in [0.2, 0.25) is 0 Å². The lowest BCUT2D eigenvalue weighted by Crippen LogP contribution is -2.15. The highest BCUT2D eigenvalue weighted by Crippen LogP contribution is 2.23. The predicted octanol–water partition coefficient (Wildman–Crippen LogP) is 3.32. The summed E-state index contributed by atoms with van der Waals surface area (Å²) in [5.74, 6) is -0.192. The Morgan fingerprint density at radius 2 is 1.67 bits per heavy atom. The van der Waals surface area contributed by atoms with Crippen LogP contribution in [0.3, 0.4) is 0 Å². The van der Waals surface area contributed by atoms with E-state index < -0.39 is 5.41 Å². The minimum atomic E-state index is -0.542. The number of rotatable bonds is 3. The molecule has 4 heteroatoms. The van der Waals surface area contributed by atoms with Gasteiger partial charge in [0.25, 0.3) is 5.91 Å². The van der Waals surface area contributed by atoms with Gasteiger partial charge in [-0.25, -0.2) is 0 Å². The van der Waals surface area contributed by atoms with Crippen LogP contribution in [0, 0.1) is 11.3 Å². The molecule has 0 fully saturated rings. The van der Waals surface area contributed by atoms with Gasteiger partial charge in [0, 0.05) is 16.9 Å². The van der Waals surface area contributed by atoms with Crippen molar-refractivity contribution in [1.82, 2.24) is 0 Å². The highest BCUT2D eigenvalue weighted by Gasteiger charge is 2.19. The Balaban J connectivity index is 2.12. The monoisotopic (exact) mass is 279 g/mol. The van der Waals surface area contributed by atoms with Crippen molar-refractivity contribution in [2.24, 2.45) is 0 Å². The summed E-state index contributed by atoms with van der Waals surface area (Å²) in [5.41, 5.74) is 7.82. The Labute approximate surface area is 124 Å². The SMILES string of the molecule is CC(C)(C#N)c1ccc(NC(=O)c2ccc(N)cc2)cc1. The van der Waals surface area contributed by atoms with Crippen molar-refractivity contribution in [3.8, 4) is 6.07 Å². The van der Waals surface area contributed by atoms with Crippen LogP contribution >= 0.6 is 0 Å². The van der Waals surface area contributed by atoms with Crippen molar-refractivity contribution in [2.45, 2.75) is 19.3 Å². The maximum atomic E-state index is 12.1. The van der Waals surface area contributed by atoms with Crippen LogP contribution in [-0.4, -0.2) is 5.91 Å². The van der Waals surface area contributed by atoms with E-state index in [1.807, 2.05) is 26.0 Å². The number of carbonyl (C=O) groups is 1. The summed E-state index contributed by atoms with van der Waals surface area (Å²) in [6.07, 6.45) is 0. The topological polar surface area (TPSA) is 78.9 Å². The molecule has 0 atom stereocenters. The second-order valence-corrected chi connectivity index (χ2v) is 5.39. The first-order valence-corrected chi connectivity index (χ1v) is 6.61. The van der Waals surface area contributed by atoms with Crippen molar-refractivity contribution < 1.29 is 4.79 Å². The van der Waals surface area contributed by atoms with Crippen LogP contribution < -0.4 is 11.1 Å². The van der Waals surface area contributed by atoms with Crippen LogP contribution in [0.5, 0.6) is 0 Å². The van der Waals surface area contributed by atoms with Gasteiger partial charge >= 0.3 is 0 Å². The molecule has 0 saturated heterocycles. The molecule has 0 bridgehead atoms. The summed E-state index contributed by atoms with van der Waals surface area (Å²) in [6, 6.07) is 16.3. The minimum Gasteiger partial charge on any atom is -0.399 e. The van der Waals surface area contributed by atoms with E-state index in [4.69, 9.17) is 11.0 Å². The van der Waals surface area contributed by atoms with Crippen molar-refractivity contribution in [1.29, 1.82) is 5.26 Å². The van der Waals surface area contributed by atoms with Crippen LogP contribution in [0.4, 0.5) is 11.4 Å². The second-order valence-electron chi connectivity index (χ2n) is 5.39. The number of carbonyl (C=O) groups excluding carboxylic acids is 1. The molecule has 0 aliphatic rings. The van der Waals surface area contributed by atoms with E-state index in [0.717, 1.165) is 5.56 Å². The average Bonchev–Trinajstić information content (AvgIpc) is 2.48. The minimum absolute atomic E-state index is 0.192. The zero-order chi connectivity index (χ0) is 15.5. The zero-order valence-corrected chi connectivity index (χ0v) is 12.1. The number of nitrogen functional groups attached to an aromatic ring is 1. The first-order chi connectivity index (χ1) is 9.92. The molecule has 0 aromatic heterocycles. The fourth-order valence-corrected chi connectivity index (χ4v) is 1.87. The third kappa shape index (κ3) is 3.40. The quantitative estimate of drug-likeness (QED) is 0.846. The number of benzene rings is 2. The lowest BCUT2D eigenvalue weighted by Gasteiger charge is -2.16. The van der Waals surface area contributed by atoms with Crippen LogP contribution in [0.15, 0.2) is 48.5 Å². The van der Waals surface area contributed by atoms with Crippen molar-refractivity contribution in [2.75, 3.05) is 11.1 Å². The molecule has 2 aromatic carbocycles. The van der Waals surface area contributed by atoms with Gasteiger partial charge in [-0.3, -0.25) is 4.79 Å². The highest BCUT2D eigenvalue weighted by molar-refractivity contribution is 6.04. The molecular formula is C17H17N3O. The molecule has 1 amide bonds. The molecule has 0 radical (unpaired) electrons. The van der Waals surface area contributed by atoms with Crippen LogP contribution in [0.25, 0.3) is 0 Å². The summed E-state index contributed by atoms with van der Waals surface area (Å²) in [5, 5.41) is 11.9. The van der Waals surface area contributed by atoms with Gasteiger partial charge in [-0.15, -0.1) is 0 Å². The van der Waals surface area contributed by atoms with Crippen molar-refractivity contribution in [3.63, 3.8) is 0 Å². The third-order valence-electron chi connectivity index (χ3n) is 3.32. The lowest BCUT2D eigenvalue weighted by molar-refractivity contribution is 0.102. The van der Waals surface area contributed by atoms with Gasteiger partial charge in [-0.2, -0.15) is 5.26 Å². The Hall–Kier alpha value is -2.80. The molecule has 4 nitrogen and oxygen atoms in total. The summed E-state index contributed by atoms with van der Waals surface area (Å²) >= 11 is 0. The van der Waals surface area contributed by atoms with Crippen LogP contribution in [0.2, 0.25) is 0 Å². The summed E-state index contributed by atoms with van der Waals surface area (Å²) in [6.45, 7) is 3.71. The normalized spacial score (nSPS) is 10.7.